The lowest BCUT2D eigenvalue weighted by atomic mass is 10.1. The monoisotopic (exact) mass is 424 g/mol. The number of carbonyl (C=O) groups is 1. The van der Waals surface area contributed by atoms with Crippen molar-refractivity contribution in [2.24, 2.45) is 0 Å². The number of nitrogens with zero attached hydrogens (tertiary/aromatic N) is 3. The van der Waals surface area contributed by atoms with Gasteiger partial charge in [-0.25, -0.2) is 4.98 Å². The number of aromatic nitrogens is 1. The number of piperazine rings is 1. The minimum absolute atomic E-state index is 0.0908. The van der Waals surface area contributed by atoms with Crippen LogP contribution in [0.5, 0.6) is 11.5 Å². The van der Waals surface area contributed by atoms with E-state index in [1.54, 1.807) is 20.4 Å². The lowest BCUT2D eigenvalue weighted by molar-refractivity contribution is -0.115. The maximum absolute atomic E-state index is 12.5. The number of hydrogen-bond donors (Lipinski definition) is 1. The predicted molar refractivity (Wildman–Crippen MR) is 122 cm³/mol. The number of carbonyl (C=O) groups excluding carboxylic acids is 1. The van der Waals surface area contributed by atoms with Gasteiger partial charge in [0.05, 0.1) is 32.5 Å². The van der Waals surface area contributed by atoms with Crippen LogP contribution in [0, 0.1) is 0 Å². The van der Waals surface area contributed by atoms with Crippen molar-refractivity contribution >= 4 is 17.4 Å². The number of methoxy groups -OCH3 is 2. The van der Waals surface area contributed by atoms with E-state index < -0.39 is 0 Å². The van der Waals surface area contributed by atoms with Crippen LogP contribution in [-0.2, 0) is 11.2 Å². The first kappa shape index (κ1) is 21.4. The average molecular weight is 425 g/mol. The summed E-state index contributed by atoms with van der Waals surface area (Å²) in [7, 11) is 3.18. The average Bonchev–Trinajstić information content (AvgIpc) is 3.34. The highest BCUT2D eigenvalue weighted by Gasteiger charge is 2.26. The summed E-state index contributed by atoms with van der Waals surface area (Å²) >= 11 is 0. The van der Waals surface area contributed by atoms with Gasteiger partial charge in [-0.3, -0.25) is 9.69 Å². The van der Waals surface area contributed by atoms with Gasteiger partial charge in [-0.15, -0.1) is 0 Å². The first-order valence-corrected chi connectivity index (χ1v) is 11.1. The Morgan fingerprint density at radius 2 is 1.77 bits per heavy atom. The zero-order valence-corrected chi connectivity index (χ0v) is 18.5. The molecule has 0 bridgehead atoms. The van der Waals surface area contributed by atoms with Gasteiger partial charge in [-0.2, -0.15) is 0 Å². The number of ether oxygens (including phenoxy) is 2. The van der Waals surface area contributed by atoms with Crippen LogP contribution in [0.15, 0.2) is 36.5 Å². The summed E-state index contributed by atoms with van der Waals surface area (Å²) in [6, 6.07) is 10.2. The van der Waals surface area contributed by atoms with Gasteiger partial charge in [0.2, 0.25) is 5.91 Å². The van der Waals surface area contributed by atoms with E-state index in [1.807, 2.05) is 30.3 Å². The van der Waals surface area contributed by atoms with E-state index in [1.165, 1.54) is 25.7 Å². The molecule has 2 fully saturated rings. The maximum Gasteiger partial charge on any atom is 0.228 e. The summed E-state index contributed by atoms with van der Waals surface area (Å²) in [6.45, 7) is 4.23. The molecule has 1 saturated carbocycles. The minimum Gasteiger partial charge on any atom is -0.493 e. The molecule has 4 rings (SSSR count). The number of amides is 1. The molecule has 1 aromatic carbocycles. The van der Waals surface area contributed by atoms with E-state index >= 15 is 0 Å². The van der Waals surface area contributed by atoms with Crippen LogP contribution in [0.1, 0.15) is 31.2 Å². The van der Waals surface area contributed by atoms with Gasteiger partial charge in [-0.1, -0.05) is 18.9 Å². The molecule has 0 spiro atoms. The highest BCUT2D eigenvalue weighted by atomic mass is 16.5. The van der Waals surface area contributed by atoms with Gasteiger partial charge in [-0.05, 0) is 42.7 Å². The van der Waals surface area contributed by atoms with Crippen molar-refractivity contribution in [3.63, 3.8) is 0 Å². The molecule has 2 aliphatic rings. The van der Waals surface area contributed by atoms with Crippen LogP contribution in [0.2, 0.25) is 0 Å². The lowest BCUT2D eigenvalue weighted by Crippen LogP contribution is -2.49. The zero-order chi connectivity index (χ0) is 21.6. The Bertz CT molecular complexity index is 873. The Balaban J connectivity index is 1.29. The smallest absolute Gasteiger partial charge is 0.228 e. The number of hydrogen-bond acceptors (Lipinski definition) is 6. The molecule has 0 radical (unpaired) electrons. The molecule has 1 aromatic heterocycles. The SMILES string of the molecule is COc1ccc(CC(=O)Nc2ccc(N3CCN(C4CCCC4)CC3)nc2)cc1OC. The summed E-state index contributed by atoms with van der Waals surface area (Å²) in [5.41, 5.74) is 1.57. The maximum atomic E-state index is 12.5. The normalized spacial score (nSPS) is 17.5. The fourth-order valence-electron chi connectivity index (χ4n) is 4.61. The first-order valence-electron chi connectivity index (χ1n) is 11.1. The van der Waals surface area contributed by atoms with Crippen molar-refractivity contribution in [3.8, 4) is 11.5 Å². The Morgan fingerprint density at radius 1 is 1.03 bits per heavy atom. The summed E-state index contributed by atoms with van der Waals surface area (Å²) in [5.74, 6) is 2.15. The first-order chi connectivity index (χ1) is 15.2. The predicted octanol–water partition coefficient (Wildman–Crippen LogP) is 3.34. The molecule has 2 heterocycles. The molecule has 1 aliphatic heterocycles. The molecule has 31 heavy (non-hydrogen) atoms. The largest absolute Gasteiger partial charge is 0.493 e. The van der Waals surface area contributed by atoms with E-state index in [9.17, 15) is 4.79 Å². The van der Waals surface area contributed by atoms with Gasteiger partial charge in [0.1, 0.15) is 5.82 Å². The second kappa shape index (κ2) is 10.0. The van der Waals surface area contributed by atoms with Crippen LogP contribution >= 0.6 is 0 Å². The Labute approximate surface area is 184 Å². The molecule has 1 amide bonds. The number of rotatable bonds is 7. The topological polar surface area (TPSA) is 66.9 Å². The van der Waals surface area contributed by atoms with E-state index in [-0.39, 0.29) is 12.3 Å². The van der Waals surface area contributed by atoms with Gasteiger partial charge in [0.25, 0.3) is 0 Å². The highest BCUT2D eigenvalue weighted by molar-refractivity contribution is 5.92. The molecule has 166 valence electrons. The van der Waals surface area contributed by atoms with Crippen molar-refractivity contribution in [1.29, 1.82) is 0 Å². The quantitative estimate of drug-likeness (QED) is 0.735. The number of nitrogens with one attached hydrogen (secondary N) is 1. The summed E-state index contributed by atoms with van der Waals surface area (Å²) in [4.78, 5) is 22.0. The number of benzene rings is 1. The Kier molecular flexibility index (Phi) is 6.92. The number of pyridine rings is 1. The minimum atomic E-state index is -0.0908. The van der Waals surface area contributed by atoms with Crippen LogP contribution in [0.4, 0.5) is 11.5 Å². The molecule has 7 nitrogen and oxygen atoms in total. The van der Waals surface area contributed by atoms with Gasteiger partial charge < -0.3 is 19.7 Å². The summed E-state index contributed by atoms with van der Waals surface area (Å²) in [6.07, 6.45) is 7.47. The number of anilines is 2. The third-order valence-corrected chi connectivity index (χ3v) is 6.32. The van der Waals surface area contributed by atoms with Crippen molar-refractivity contribution in [2.75, 3.05) is 50.6 Å². The Hall–Kier alpha value is -2.80. The van der Waals surface area contributed by atoms with Crippen LogP contribution < -0.4 is 19.7 Å². The summed E-state index contributed by atoms with van der Waals surface area (Å²) < 4.78 is 10.6. The van der Waals surface area contributed by atoms with Crippen LogP contribution in [0.25, 0.3) is 0 Å². The van der Waals surface area contributed by atoms with Crippen LogP contribution in [0.3, 0.4) is 0 Å². The van der Waals surface area contributed by atoms with Crippen molar-refractivity contribution in [1.82, 2.24) is 9.88 Å². The molecule has 1 N–H and O–H groups in total. The van der Waals surface area contributed by atoms with Crippen LogP contribution in [-0.4, -0.2) is 62.2 Å². The molecular weight excluding hydrogens is 392 g/mol. The molecule has 0 atom stereocenters. The lowest BCUT2D eigenvalue weighted by Gasteiger charge is -2.38. The van der Waals surface area contributed by atoms with Gasteiger partial charge in [0.15, 0.2) is 11.5 Å². The third kappa shape index (κ3) is 5.28. The van der Waals surface area contributed by atoms with Crippen molar-refractivity contribution in [2.45, 2.75) is 38.1 Å². The second-order valence-electron chi connectivity index (χ2n) is 8.28. The highest BCUT2D eigenvalue weighted by Crippen LogP contribution is 2.28. The van der Waals surface area contributed by atoms with E-state index in [2.05, 4.69) is 20.1 Å². The molecule has 0 unspecified atom stereocenters. The fraction of sp³-hybridized carbons (Fsp3) is 0.500. The molecule has 1 aliphatic carbocycles. The van der Waals surface area contributed by atoms with Crippen molar-refractivity contribution in [3.05, 3.63) is 42.1 Å². The fourth-order valence-corrected chi connectivity index (χ4v) is 4.61. The Morgan fingerprint density at radius 3 is 2.42 bits per heavy atom. The molecule has 7 heteroatoms. The van der Waals surface area contributed by atoms with E-state index in [0.717, 1.165) is 43.6 Å². The van der Waals surface area contributed by atoms with E-state index in [4.69, 9.17) is 9.47 Å². The zero-order valence-electron chi connectivity index (χ0n) is 18.5. The van der Waals surface area contributed by atoms with Gasteiger partial charge >= 0.3 is 0 Å². The van der Waals surface area contributed by atoms with E-state index in [0.29, 0.717) is 17.2 Å². The molecular formula is C24H32N4O3. The second-order valence-corrected chi connectivity index (χ2v) is 8.28. The molecule has 2 aromatic rings. The third-order valence-electron chi connectivity index (χ3n) is 6.32. The molecule has 1 saturated heterocycles. The van der Waals surface area contributed by atoms with Crippen molar-refractivity contribution < 1.29 is 14.3 Å². The van der Waals surface area contributed by atoms with Gasteiger partial charge in [0, 0.05) is 32.2 Å². The summed E-state index contributed by atoms with van der Waals surface area (Å²) in [5, 5.41) is 2.93. The standard InChI is InChI=1S/C24H32N4O3/c1-30-21-9-7-18(15-22(21)31-2)16-24(29)26-19-8-10-23(25-17-19)28-13-11-27(12-14-28)20-5-3-4-6-20/h7-10,15,17,20H,3-6,11-14,16H2,1-2H3,(H,26,29).